The summed E-state index contributed by atoms with van der Waals surface area (Å²) >= 11 is 0. The molecule has 2 aliphatic rings. The molecule has 2 aromatic rings. The molecule has 142 valence electrons. The van der Waals surface area contributed by atoms with Crippen LogP contribution < -0.4 is 11.5 Å². The number of nitrogens with two attached hydrogens (primary N) is 2. The van der Waals surface area contributed by atoms with Gasteiger partial charge in [-0.3, -0.25) is 0 Å². The molecule has 0 aromatic carbocycles. The number of fused-ring (bicyclic) bond motifs is 2. The Hall–Kier alpha value is -1.78. The minimum absolute atomic E-state index is 0.0886. The third-order valence-electron chi connectivity index (χ3n) is 5.03. The van der Waals surface area contributed by atoms with Crippen LogP contribution in [0.3, 0.4) is 0 Å². The molecule has 26 heavy (non-hydrogen) atoms. The van der Waals surface area contributed by atoms with Crippen molar-refractivity contribution in [2.45, 2.75) is 44.2 Å². The van der Waals surface area contributed by atoms with Crippen LogP contribution in [0.25, 0.3) is 11.0 Å². The van der Waals surface area contributed by atoms with Crippen LogP contribution in [0.1, 0.15) is 19.6 Å². The molecule has 0 bridgehead atoms. The quantitative estimate of drug-likeness (QED) is 0.755. The summed E-state index contributed by atoms with van der Waals surface area (Å²) in [6.07, 6.45) is 3.37. The molecule has 0 saturated carbocycles. The van der Waals surface area contributed by atoms with Crippen LogP contribution in [0.2, 0.25) is 0 Å². The van der Waals surface area contributed by atoms with Gasteiger partial charge in [0.1, 0.15) is 36.1 Å². The molecule has 9 nitrogen and oxygen atoms in total. The van der Waals surface area contributed by atoms with E-state index in [1.165, 1.54) is 6.33 Å². The fourth-order valence-electron chi connectivity index (χ4n) is 3.82. The van der Waals surface area contributed by atoms with E-state index >= 15 is 0 Å². The molecule has 4 heterocycles. The molecule has 0 amide bonds. The lowest BCUT2D eigenvalue weighted by Gasteiger charge is -2.24. The molecule has 4 rings (SSSR count). The molecule has 2 fully saturated rings. The van der Waals surface area contributed by atoms with E-state index in [4.69, 9.17) is 25.7 Å². The molecule has 0 radical (unpaired) electrons. The predicted octanol–water partition coefficient (Wildman–Crippen LogP) is 0.322. The van der Waals surface area contributed by atoms with Crippen LogP contribution in [-0.2, 0) is 14.2 Å². The van der Waals surface area contributed by atoms with Gasteiger partial charge in [-0.1, -0.05) is 0 Å². The highest BCUT2D eigenvalue weighted by Gasteiger charge is 2.52. The summed E-state index contributed by atoms with van der Waals surface area (Å²) in [5.41, 5.74) is 12.3. The Morgan fingerprint density at radius 2 is 2.04 bits per heavy atom. The van der Waals surface area contributed by atoms with Gasteiger partial charge < -0.3 is 35.1 Å². The van der Waals surface area contributed by atoms with Crippen molar-refractivity contribution in [1.82, 2.24) is 19.4 Å². The van der Waals surface area contributed by atoms with Crippen LogP contribution >= 0.6 is 0 Å². The highest BCUT2D eigenvalue weighted by molar-refractivity contribution is 5.86. The minimum Gasteiger partial charge on any atom is -0.383 e. The Morgan fingerprint density at radius 3 is 2.85 bits per heavy atom. The number of nitrogen functional groups attached to an aromatic ring is 1. The van der Waals surface area contributed by atoms with E-state index in [2.05, 4.69) is 21.9 Å². The molecule has 3 unspecified atom stereocenters. The molecular weight excluding hydrogens is 336 g/mol. The molecule has 2 saturated heterocycles. The fraction of sp³-hybridized carbons (Fsp3) is 0.647. The smallest absolute Gasteiger partial charge is 0.164 e. The monoisotopic (exact) mass is 362 g/mol. The van der Waals surface area contributed by atoms with Gasteiger partial charge in [0.15, 0.2) is 12.5 Å². The van der Waals surface area contributed by atoms with E-state index in [-0.39, 0.29) is 30.8 Å². The highest BCUT2D eigenvalue weighted by atomic mass is 16.8. The van der Waals surface area contributed by atoms with Gasteiger partial charge in [-0.25, -0.2) is 9.97 Å². The van der Waals surface area contributed by atoms with Gasteiger partial charge in [0.05, 0.1) is 5.39 Å². The Balaban J connectivity index is 1.59. The van der Waals surface area contributed by atoms with E-state index in [0.29, 0.717) is 12.4 Å². The Morgan fingerprint density at radius 1 is 1.23 bits per heavy atom. The number of nitrogens with zero attached hydrogens (tertiary/aromatic N) is 4. The zero-order chi connectivity index (χ0) is 18.3. The van der Waals surface area contributed by atoms with Gasteiger partial charge in [0.2, 0.25) is 0 Å². The molecule has 2 aromatic heterocycles. The summed E-state index contributed by atoms with van der Waals surface area (Å²) in [6, 6.07) is 1.91. The van der Waals surface area contributed by atoms with E-state index in [9.17, 15) is 0 Å². The van der Waals surface area contributed by atoms with E-state index < -0.39 is 0 Å². The second kappa shape index (κ2) is 7.09. The molecule has 5 atom stereocenters. The lowest BCUT2D eigenvalue weighted by atomic mass is 10.1. The van der Waals surface area contributed by atoms with Gasteiger partial charge >= 0.3 is 0 Å². The molecule has 2 aliphatic heterocycles. The maximum atomic E-state index is 6.36. The van der Waals surface area contributed by atoms with Gasteiger partial charge in [-0.15, -0.1) is 0 Å². The first-order valence-electron chi connectivity index (χ1n) is 9.00. The lowest BCUT2D eigenvalue weighted by molar-refractivity contribution is -0.139. The first-order chi connectivity index (χ1) is 12.6. The fourth-order valence-corrected chi connectivity index (χ4v) is 3.82. The van der Waals surface area contributed by atoms with Crippen molar-refractivity contribution in [2.75, 3.05) is 32.4 Å². The molecule has 0 aliphatic carbocycles. The molecular formula is C17H26N6O3. The van der Waals surface area contributed by atoms with E-state index in [1.54, 1.807) is 0 Å². The summed E-state index contributed by atoms with van der Waals surface area (Å²) in [7, 11) is 2.07. The van der Waals surface area contributed by atoms with Crippen molar-refractivity contribution in [3.8, 4) is 0 Å². The normalized spacial score (nSPS) is 31.2. The standard InChI is InChI=1S/C17H26N6O3/c1-10-24-13-12(8-22(2)6-3-5-18)26-17(14(13)25-10)23-7-4-11-15(19)20-9-21-16(11)23/h4,7,9-10,12-14,17H,3,5-6,8,18H2,1-2H3,(H2,19,20,21)/t10?,12?,13-,14-,17?/m1/s1. The Labute approximate surface area is 152 Å². The Kier molecular flexibility index (Phi) is 4.80. The average Bonchev–Trinajstić information content (AvgIpc) is 3.28. The number of likely N-dealkylation sites (N-methyl/N-ethyl adjacent to an activating group) is 1. The van der Waals surface area contributed by atoms with Gasteiger partial charge in [-0.2, -0.15) is 0 Å². The molecule has 4 N–H and O–H groups in total. The number of anilines is 1. The van der Waals surface area contributed by atoms with Crippen LogP contribution in [0.5, 0.6) is 0 Å². The van der Waals surface area contributed by atoms with E-state index in [1.807, 2.05) is 23.8 Å². The largest absolute Gasteiger partial charge is 0.383 e. The number of hydrogen-bond donors (Lipinski definition) is 2. The summed E-state index contributed by atoms with van der Waals surface area (Å²) in [5, 5.41) is 0.808. The lowest BCUT2D eigenvalue weighted by Crippen LogP contribution is -2.38. The van der Waals surface area contributed by atoms with Crippen LogP contribution in [0.15, 0.2) is 18.6 Å². The second-order valence-electron chi connectivity index (χ2n) is 6.96. The molecule has 0 spiro atoms. The summed E-state index contributed by atoms with van der Waals surface area (Å²) in [6.45, 7) is 4.27. The Bertz CT molecular complexity index is 768. The minimum atomic E-state index is -0.315. The third-order valence-corrected chi connectivity index (χ3v) is 5.03. The third kappa shape index (κ3) is 3.06. The zero-order valence-electron chi connectivity index (χ0n) is 15.1. The maximum absolute atomic E-state index is 6.36. The summed E-state index contributed by atoms with van der Waals surface area (Å²) < 4.78 is 20.3. The summed E-state index contributed by atoms with van der Waals surface area (Å²) in [5.74, 6) is 0.457. The van der Waals surface area contributed by atoms with Gasteiger partial charge in [0, 0.05) is 12.7 Å². The van der Waals surface area contributed by atoms with Crippen LogP contribution in [0, 0.1) is 0 Å². The highest BCUT2D eigenvalue weighted by Crippen LogP contribution is 2.40. The predicted molar refractivity (Wildman–Crippen MR) is 96.2 cm³/mol. The topological polar surface area (TPSA) is 114 Å². The van der Waals surface area contributed by atoms with Crippen molar-refractivity contribution in [2.24, 2.45) is 5.73 Å². The first-order valence-corrected chi connectivity index (χ1v) is 9.00. The zero-order valence-corrected chi connectivity index (χ0v) is 15.1. The van der Waals surface area contributed by atoms with Crippen molar-refractivity contribution in [1.29, 1.82) is 0 Å². The second-order valence-corrected chi connectivity index (χ2v) is 6.96. The van der Waals surface area contributed by atoms with Crippen molar-refractivity contribution in [3.63, 3.8) is 0 Å². The number of hydrogen-bond acceptors (Lipinski definition) is 8. The number of ether oxygens (including phenoxy) is 3. The van der Waals surface area contributed by atoms with Gasteiger partial charge in [-0.05, 0) is 39.5 Å². The van der Waals surface area contributed by atoms with Crippen LogP contribution in [0.4, 0.5) is 5.82 Å². The van der Waals surface area contributed by atoms with Crippen molar-refractivity contribution in [3.05, 3.63) is 18.6 Å². The van der Waals surface area contributed by atoms with E-state index in [0.717, 1.165) is 30.5 Å². The molecule has 9 heteroatoms. The number of aromatic nitrogens is 3. The number of rotatable bonds is 6. The SMILES string of the molecule is CC1O[C@@H]2C(CN(C)CCCN)OC(n3ccc4c(N)ncnc43)[C@@H]2O1. The van der Waals surface area contributed by atoms with Crippen LogP contribution in [-0.4, -0.2) is 70.7 Å². The maximum Gasteiger partial charge on any atom is 0.164 e. The van der Waals surface area contributed by atoms with Gasteiger partial charge in [0.25, 0.3) is 0 Å². The summed E-state index contributed by atoms with van der Waals surface area (Å²) in [4.78, 5) is 10.6. The van der Waals surface area contributed by atoms with Crippen molar-refractivity contribution >= 4 is 16.9 Å². The first kappa shape index (κ1) is 17.6. The van der Waals surface area contributed by atoms with Crippen molar-refractivity contribution < 1.29 is 14.2 Å². The average molecular weight is 362 g/mol.